The van der Waals surface area contributed by atoms with Gasteiger partial charge in [-0.25, -0.2) is 0 Å². The summed E-state index contributed by atoms with van der Waals surface area (Å²) in [5, 5.41) is 4.22. The molecule has 0 bridgehead atoms. The monoisotopic (exact) mass is 241 g/mol. The molecule has 0 amide bonds. The lowest BCUT2D eigenvalue weighted by atomic mass is 10.0. The molecule has 1 saturated heterocycles. The Morgan fingerprint density at radius 1 is 1.50 bits per heavy atom. The van der Waals surface area contributed by atoms with Crippen molar-refractivity contribution in [3.05, 3.63) is 5.82 Å². The zero-order chi connectivity index (χ0) is 11.2. The molecule has 4 nitrogen and oxygen atoms in total. The fraction of sp³-hybridized carbons (Fsp3) is 0.818. The maximum Gasteiger partial charge on any atom is 0.293 e. The predicted octanol–water partition coefficient (Wildman–Crippen LogP) is 2.01. The van der Waals surface area contributed by atoms with Crippen molar-refractivity contribution in [2.75, 3.05) is 13.2 Å². The van der Waals surface area contributed by atoms with Crippen LogP contribution in [0.4, 0.5) is 0 Å². The fourth-order valence-electron chi connectivity index (χ4n) is 1.90. The van der Waals surface area contributed by atoms with Gasteiger partial charge in [-0.3, -0.25) is 0 Å². The average molecular weight is 241 g/mol. The highest BCUT2D eigenvalue weighted by Gasteiger charge is 2.12. The molecule has 0 radical (unpaired) electrons. The van der Waals surface area contributed by atoms with Crippen molar-refractivity contribution in [1.82, 2.24) is 14.7 Å². The third-order valence-electron chi connectivity index (χ3n) is 2.87. The summed E-state index contributed by atoms with van der Waals surface area (Å²) in [6, 6.07) is 0.632. The Kier molecular flexibility index (Phi) is 4.54. The molecule has 1 aromatic rings. The highest BCUT2D eigenvalue weighted by Crippen LogP contribution is 2.15. The summed E-state index contributed by atoms with van der Waals surface area (Å²) in [4.78, 5) is 4.28. The Balaban J connectivity index is 1.66. The van der Waals surface area contributed by atoms with Gasteiger partial charge in [0.1, 0.15) is 5.82 Å². The Bertz CT molecular complexity index is 310. The van der Waals surface area contributed by atoms with Gasteiger partial charge in [0.05, 0.1) is 6.61 Å². The summed E-state index contributed by atoms with van der Waals surface area (Å²) in [7, 11) is 0. The van der Waals surface area contributed by atoms with Crippen molar-refractivity contribution < 1.29 is 4.74 Å². The van der Waals surface area contributed by atoms with Gasteiger partial charge < -0.3 is 10.1 Å². The molecule has 1 fully saturated rings. The molecule has 5 heteroatoms. The Labute approximate surface area is 101 Å². The van der Waals surface area contributed by atoms with Gasteiger partial charge >= 0.3 is 0 Å². The van der Waals surface area contributed by atoms with Crippen molar-refractivity contribution >= 4 is 11.5 Å². The SMILES string of the molecule is CCc1nsc(OCCC2CCCCN2)n1. The molecule has 0 saturated carbocycles. The lowest BCUT2D eigenvalue weighted by molar-refractivity contribution is 0.267. The molecule has 1 atom stereocenters. The Morgan fingerprint density at radius 2 is 2.44 bits per heavy atom. The van der Waals surface area contributed by atoms with E-state index in [2.05, 4.69) is 21.6 Å². The number of ether oxygens (including phenoxy) is 1. The molecule has 0 spiro atoms. The fourth-order valence-corrected chi connectivity index (χ4v) is 2.53. The second-order valence-corrected chi connectivity index (χ2v) is 4.83. The summed E-state index contributed by atoms with van der Waals surface area (Å²) in [5.41, 5.74) is 0. The highest BCUT2D eigenvalue weighted by atomic mass is 32.1. The van der Waals surface area contributed by atoms with E-state index in [0.717, 1.165) is 31.8 Å². The molecule has 16 heavy (non-hydrogen) atoms. The number of piperidine rings is 1. The van der Waals surface area contributed by atoms with Crippen LogP contribution in [0.5, 0.6) is 5.19 Å². The maximum atomic E-state index is 5.60. The zero-order valence-electron chi connectivity index (χ0n) is 9.74. The van der Waals surface area contributed by atoms with Crippen LogP contribution in [0.1, 0.15) is 38.4 Å². The molecule has 1 unspecified atom stereocenters. The summed E-state index contributed by atoms with van der Waals surface area (Å²) in [5.74, 6) is 0.885. The minimum absolute atomic E-state index is 0.632. The summed E-state index contributed by atoms with van der Waals surface area (Å²) in [6.45, 7) is 3.96. The van der Waals surface area contributed by atoms with E-state index in [1.54, 1.807) is 0 Å². The predicted molar refractivity (Wildman–Crippen MR) is 65.0 cm³/mol. The molecule has 0 aromatic carbocycles. The van der Waals surface area contributed by atoms with Gasteiger partial charge in [0.25, 0.3) is 5.19 Å². The van der Waals surface area contributed by atoms with E-state index < -0.39 is 0 Å². The van der Waals surface area contributed by atoms with Crippen LogP contribution in [0.25, 0.3) is 0 Å². The lowest BCUT2D eigenvalue weighted by Crippen LogP contribution is -2.35. The van der Waals surface area contributed by atoms with E-state index in [1.807, 2.05) is 0 Å². The molecule has 2 rings (SSSR count). The van der Waals surface area contributed by atoms with E-state index in [-0.39, 0.29) is 0 Å². The Hall–Kier alpha value is -0.680. The number of hydrogen-bond acceptors (Lipinski definition) is 5. The zero-order valence-corrected chi connectivity index (χ0v) is 10.6. The van der Waals surface area contributed by atoms with Gasteiger partial charge in [-0.05, 0) is 25.8 Å². The first-order valence-electron chi connectivity index (χ1n) is 6.07. The van der Waals surface area contributed by atoms with Crippen molar-refractivity contribution in [3.8, 4) is 5.19 Å². The van der Waals surface area contributed by atoms with Crippen LogP contribution in [-0.4, -0.2) is 28.6 Å². The van der Waals surface area contributed by atoms with E-state index in [9.17, 15) is 0 Å². The molecule has 1 aliphatic heterocycles. The first kappa shape index (κ1) is 11.8. The number of aryl methyl sites for hydroxylation is 1. The molecule has 1 aliphatic rings. The normalized spacial score (nSPS) is 20.9. The minimum Gasteiger partial charge on any atom is -0.469 e. The van der Waals surface area contributed by atoms with E-state index in [4.69, 9.17) is 4.74 Å². The Morgan fingerprint density at radius 3 is 3.12 bits per heavy atom. The lowest BCUT2D eigenvalue weighted by Gasteiger charge is -2.22. The first-order valence-corrected chi connectivity index (χ1v) is 6.84. The molecular formula is C11H19N3OS. The number of aromatic nitrogens is 2. The summed E-state index contributed by atoms with van der Waals surface area (Å²) in [6.07, 6.45) is 5.88. The number of nitrogens with one attached hydrogen (secondary N) is 1. The van der Waals surface area contributed by atoms with Crippen LogP contribution in [0.3, 0.4) is 0 Å². The van der Waals surface area contributed by atoms with Crippen LogP contribution < -0.4 is 10.1 Å². The van der Waals surface area contributed by atoms with Crippen LogP contribution >= 0.6 is 11.5 Å². The van der Waals surface area contributed by atoms with Crippen molar-refractivity contribution in [2.45, 2.75) is 45.1 Å². The molecule has 2 heterocycles. The van der Waals surface area contributed by atoms with Crippen LogP contribution in [0.15, 0.2) is 0 Å². The van der Waals surface area contributed by atoms with Crippen LogP contribution in [0, 0.1) is 0 Å². The van der Waals surface area contributed by atoms with Gasteiger partial charge in [-0.15, -0.1) is 0 Å². The van der Waals surface area contributed by atoms with Crippen molar-refractivity contribution in [3.63, 3.8) is 0 Å². The smallest absolute Gasteiger partial charge is 0.293 e. The van der Waals surface area contributed by atoms with E-state index >= 15 is 0 Å². The number of hydrogen-bond donors (Lipinski definition) is 1. The highest BCUT2D eigenvalue weighted by molar-refractivity contribution is 7.07. The van der Waals surface area contributed by atoms with Crippen LogP contribution in [0.2, 0.25) is 0 Å². The van der Waals surface area contributed by atoms with E-state index in [1.165, 1.54) is 30.8 Å². The maximum absolute atomic E-state index is 5.60. The quantitative estimate of drug-likeness (QED) is 0.856. The number of nitrogens with zero attached hydrogens (tertiary/aromatic N) is 2. The van der Waals surface area contributed by atoms with Gasteiger partial charge in [0.15, 0.2) is 0 Å². The van der Waals surface area contributed by atoms with Gasteiger partial charge in [0.2, 0.25) is 0 Å². The first-order chi connectivity index (χ1) is 7.88. The summed E-state index contributed by atoms with van der Waals surface area (Å²) >= 11 is 1.36. The van der Waals surface area contributed by atoms with Gasteiger partial charge in [-0.1, -0.05) is 13.3 Å². The topological polar surface area (TPSA) is 47.0 Å². The minimum atomic E-state index is 0.632. The largest absolute Gasteiger partial charge is 0.469 e. The molecule has 90 valence electrons. The third kappa shape index (κ3) is 3.42. The molecular weight excluding hydrogens is 222 g/mol. The average Bonchev–Trinajstić information content (AvgIpc) is 2.78. The number of rotatable bonds is 5. The standard InChI is InChI=1S/C11H19N3OS/c1-2-10-13-11(16-14-10)15-8-6-9-5-3-4-7-12-9/h9,12H,2-8H2,1H3. The molecule has 0 aliphatic carbocycles. The van der Waals surface area contributed by atoms with Crippen molar-refractivity contribution in [2.24, 2.45) is 0 Å². The van der Waals surface area contributed by atoms with Crippen LogP contribution in [-0.2, 0) is 6.42 Å². The van der Waals surface area contributed by atoms with Gasteiger partial charge in [0, 0.05) is 24.0 Å². The summed E-state index contributed by atoms with van der Waals surface area (Å²) < 4.78 is 9.79. The van der Waals surface area contributed by atoms with Gasteiger partial charge in [-0.2, -0.15) is 9.36 Å². The molecule has 1 aromatic heterocycles. The molecule has 1 N–H and O–H groups in total. The second-order valence-electron chi connectivity index (χ2n) is 4.11. The van der Waals surface area contributed by atoms with Crippen molar-refractivity contribution in [1.29, 1.82) is 0 Å². The van der Waals surface area contributed by atoms with E-state index in [0.29, 0.717) is 11.2 Å². The third-order valence-corrected chi connectivity index (χ3v) is 3.54. The second kappa shape index (κ2) is 6.15.